The van der Waals surface area contributed by atoms with Crippen molar-refractivity contribution in [2.24, 2.45) is 0 Å². The highest BCUT2D eigenvalue weighted by molar-refractivity contribution is 6.05. The number of amides is 4. The number of methoxy groups -OCH3 is 2. The molecule has 62 heavy (non-hydrogen) atoms. The van der Waals surface area contributed by atoms with Gasteiger partial charge in [0.1, 0.15) is 24.2 Å². The van der Waals surface area contributed by atoms with Gasteiger partial charge in [-0.2, -0.15) is 0 Å². The van der Waals surface area contributed by atoms with Crippen molar-refractivity contribution >= 4 is 45.8 Å². The maximum Gasteiger partial charge on any atom is 0.407 e. The zero-order valence-electron chi connectivity index (χ0n) is 35.2. The fourth-order valence-corrected chi connectivity index (χ4v) is 8.28. The van der Waals surface area contributed by atoms with Gasteiger partial charge in [-0.15, -0.1) is 0 Å². The molecule has 0 spiro atoms. The number of nitrogens with one attached hydrogen (secondary N) is 4. The molecule has 1 atom stereocenters. The number of rotatable bonds is 14. The molecule has 4 amide bonds. The third-order valence-corrected chi connectivity index (χ3v) is 11.3. The summed E-state index contributed by atoms with van der Waals surface area (Å²) in [6, 6.07) is 25.1. The van der Waals surface area contributed by atoms with Crippen LogP contribution in [0.2, 0.25) is 0 Å². The summed E-state index contributed by atoms with van der Waals surface area (Å²) < 4.78 is 21.1. The smallest absolute Gasteiger partial charge is 0.407 e. The lowest BCUT2D eigenvalue weighted by molar-refractivity contribution is -0.167. The summed E-state index contributed by atoms with van der Waals surface area (Å²) in [4.78, 5) is 71.3. The van der Waals surface area contributed by atoms with E-state index in [0.29, 0.717) is 37.0 Å². The summed E-state index contributed by atoms with van der Waals surface area (Å²) in [6.07, 6.45) is 0.879. The standard InChI is InChI=1S/C46H50N8O8/c1-5-19-53(43(56)40(52-45(58)60-4)28-9-7-6-8-10-28)25-37-48-35-17-13-31-22-29(11-15-33(31)41(35)50-37)30-12-16-34-32(23-30)14-18-36-42(34)51-38(49-36)26-54(27-46(2)61-20-21-62-46)39(55)24-47-44(57)59-3/h6-13,15-17,22-23,40H,5,14,18-21,24-27H2,1-4H3,(H,47,57)(H,48,50)(H,49,51)(H,52,58)/t40-/m1/s1. The molecule has 0 saturated carbocycles. The number of hydrogen-bond acceptors (Lipinski definition) is 10. The molecule has 0 unspecified atom stereocenters. The number of aryl methyl sites for hydroxylation is 2. The number of carbonyl (C=O) groups excluding carboxylic acids is 4. The summed E-state index contributed by atoms with van der Waals surface area (Å²) in [6.45, 7) is 5.45. The third-order valence-electron chi connectivity index (χ3n) is 11.3. The van der Waals surface area contributed by atoms with E-state index in [1.165, 1.54) is 19.8 Å². The highest BCUT2D eigenvalue weighted by atomic mass is 16.7. The number of nitrogens with zero attached hydrogens (tertiary/aromatic N) is 4. The van der Waals surface area contributed by atoms with Gasteiger partial charge in [0, 0.05) is 17.5 Å². The van der Waals surface area contributed by atoms with Crippen molar-refractivity contribution in [1.82, 2.24) is 40.4 Å². The Bertz CT molecular complexity index is 2620. The van der Waals surface area contributed by atoms with Gasteiger partial charge in [0.15, 0.2) is 5.79 Å². The minimum atomic E-state index is -0.968. The van der Waals surface area contributed by atoms with Crippen LogP contribution in [0.25, 0.3) is 44.2 Å². The molecule has 4 aromatic carbocycles. The molecule has 1 fully saturated rings. The van der Waals surface area contributed by atoms with Crippen LogP contribution in [0.1, 0.15) is 54.8 Å². The van der Waals surface area contributed by atoms with Gasteiger partial charge >= 0.3 is 12.2 Å². The number of imidazole rings is 2. The highest BCUT2D eigenvalue weighted by Crippen LogP contribution is 2.36. The van der Waals surface area contributed by atoms with E-state index in [0.717, 1.165) is 69.1 Å². The lowest BCUT2D eigenvalue weighted by Gasteiger charge is -2.30. The van der Waals surface area contributed by atoms with Crippen LogP contribution >= 0.6 is 0 Å². The molecule has 322 valence electrons. The number of carbonyl (C=O) groups is 4. The van der Waals surface area contributed by atoms with Crippen LogP contribution in [-0.4, -0.2) is 107 Å². The molecule has 6 aromatic rings. The van der Waals surface area contributed by atoms with Crippen molar-refractivity contribution in [2.75, 3.05) is 47.1 Å². The van der Waals surface area contributed by atoms with Crippen molar-refractivity contribution in [3.63, 3.8) is 0 Å². The number of ether oxygens (including phenoxy) is 4. The molecule has 4 N–H and O–H groups in total. The van der Waals surface area contributed by atoms with Crippen LogP contribution in [0, 0.1) is 0 Å². The Labute approximate surface area is 358 Å². The van der Waals surface area contributed by atoms with Gasteiger partial charge in [-0.3, -0.25) is 9.59 Å². The van der Waals surface area contributed by atoms with Gasteiger partial charge in [0.2, 0.25) is 11.8 Å². The van der Waals surface area contributed by atoms with Gasteiger partial charge in [0.05, 0.1) is 69.5 Å². The van der Waals surface area contributed by atoms with Crippen LogP contribution in [-0.2, 0) is 54.5 Å². The second-order valence-corrected chi connectivity index (χ2v) is 15.6. The molecular formula is C46H50N8O8. The van der Waals surface area contributed by atoms with E-state index in [9.17, 15) is 19.2 Å². The van der Waals surface area contributed by atoms with Gasteiger partial charge in [-0.1, -0.05) is 73.7 Å². The van der Waals surface area contributed by atoms with E-state index in [2.05, 4.69) is 67.8 Å². The summed E-state index contributed by atoms with van der Waals surface area (Å²) >= 11 is 0. The number of hydrogen-bond donors (Lipinski definition) is 4. The predicted octanol–water partition coefficient (Wildman–Crippen LogP) is 6.16. The second kappa shape index (κ2) is 18.1. The minimum absolute atomic E-state index is 0.157. The van der Waals surface area contributed by atoms with E-state index in [4.69, 9.17) is 24.2 Å². The van der Waals surface area contributed by atoms with E-state index >= 15 is 0 Å². The molecule has 0 radical (unpaired) electrons. The molecule has 2 aromatic heterocycles. The second-order valence-electron chi connectivity index (χ2n) is 15.6. The molecule has 1 aliphatic carbocycles. The number of aromatic amines is 2. The maximum atomic E-state index is 14.0. The fraction of sp³-hybridized carbons (Fsp3) is 0.348. The van der Waals surface area contributed by atoms with Crippen LogP contribution < -0.4 is 10.6 Å². The molecule has 8 rings (SSSR count). The first kappa shape index (κ1) is 41.9. The van der Waals surface area contributed by atoms with Gasteiger partial charge < -0.3 is 49.3 Å². The molecule has 16 nitrogen and oxygen atoms in total. The van der Waals surface area contributed by atoms with Crippen LogP contribution in [0.5, 0.6) is 0 Å². The zero-order chi connectivity index (χ0) is 43.4. The van der Waals surface area contributed by atoms with Gasteiger partial charge in [-0.05, 0) is 66.0 Å². The predicted molar refractivity (Wildman–Crippen MR) is 231 cm³/mol. The van der Waals surface area contributed by atoms with Crippen molar-refractivity contribution < 1.29 is 38.1 Å². The minimum Gasteiger partial charge on any atom is -0.453 e. The van der Waals surface area contributed by atoms with Gasteiger partial charge in [0.25, 0.3) is 0 Å². The van der Waals surface area contributed by atoms with Gasteiger partial charge in [-0.25, -0.2) is 19.6 Å². The number of H-pyrrole nitrogens is 2. The van der Waals surface area contributed by atoms with Crippen LogP contribution in [0.15, 0.2) is 78.9 Å². The van der Waals surface area contributed by atoms with E-state index in [1.54, 1.807) is 16.7 Å². The highest BCUT2D eigenvalue weighted by Gasteiger charge is 2.36. The molecular weight excluding hydrogens is 793 g/mol. The summed E-state index contributed by atoms with van der Waals surface area (Å²) in [5, 5.41) is 7.23. The number of aromatic nitrogens is 4. The maximum absolute atomic E-state index is 14.0. The number of benzene rings is 4. The van der Waals surface area contributed by atoms with Crippen molar-refractivity contribution in [2.45, 2.75) is 58.0 Å². The van der Waals surface area contributed by atoms with E-state index < -0.39 is 24.0 Å². The first-order valence-electron chi connectivity index (χ1n) is 20.7. The Morgan fingerprint density at radius 1 is 0.839 bits per heavy atom. The zero-order valence-corrected chi connectivity index (χ0v) is 35.2. The van der Waals surface area contributed by atoms with Crippen molar-refractivity contribution in [3.05, 3.63) is 107 Å². The SMILES string of the molecule is CCCN(Cc1nc2ccc3cc(-c4ccc5c(c4)CCc4nc(CN(CC6(C)OCCO6)C(=O)CNC(=O)OC)[nH]c4-5)ccc3c2[nH]1)C(=O)[C@H](NC(=O)OC)c1ccccc1. The summed E-state index contributed by atoms with van der Waals surface area (Å²) in [5.74, 6) is -0.287. The lowest BCUT2D eigenvalue weighted by atomic mass is 9.89. The Hall–Kier alpha value is -6.78. The number of alkyl carbamates (subject to hydrolysis) is 2. The molecule has 1 saturated heterocycles. The average molecular weight is 843 g/mol. The number of fused-ring (bicyclic) bond motifs is 6. The average Bonchev–Trinajstić information content (AvgIpc) is 4.04. The Balaban J connectivity index is 1.00. The molecule has 0 bridgehead atoms. The molecule has 3 heterocycles. The van der Waals surface area contributed by atoms with Crippen molar-refractivity contribution in [3.8, 4) is 22.4 Å². The van der Waals surface area contributed by atoms with E-state index in [1.807, 2.05) is 43.3 Å². The molecule has 2 aliphatic rings. The Morgan fingerprint density at radius 2 is 1.56 bits per heavy atom. The van der Waals surface area contributed by atoms with Crippen LogP contribution in [0.4, 0.5) is 9.59 Å². The molecule has 1 aliphatic heterocycles. The third kappa shape index (κ3) is 8.97. The normalized spacial score (nSPS) is 14.5. The summed E-state index contributed by atoms with van der Waals surface area (Å²) in [7, 11) is 2.52. The fourth-order valence-electron chi connectivity index (χ4n) is 8.28. The monoisotopic (exact) mass is 842 g/mol. The van der Waals surface area contributed by atoms with Crippen molar-refractivity contribution in [1.29, 1.82) is 0 Å². The Morgan fingerprint density at radius 3 is 2.32 bits per heavy atom. The first-order chi connectivity index (χ1) is 30.0. The lowest BCUT2D eigenvalue weighted by Crippen LogP contribution is -2.47. The Kier molecular flexibility index (Phi) is 12.2. The largest absolute Gasteiger partial charge is 0.453 e. The first-order valence-corrected chi connectivity index (χ1v) is 20.7. The van der Waals surface area contributed by atoms with E-state index in [-0.39, 0.29) is 38.0 Å². The quantitative estimate of drug-likeness (QED) is 0.0988. The molecule has 16 heteroatoms. The van der Waals surface area contributed by atoms with Crippen LogP contribution in [0.3, 0.4) is 0 Å². The summed E-state index contributed by atoms with van der Waals surface area (Å²) in [5.41, 5.74) is 8.60. The topological polar surface area (TPSA) is 193 Å².